The second-order valence-corrected chi connectivity index (χ2v) is 5.43. The van der Waals surface area contributed by atoms with Crippen LogP contribution in [0.5, 0.6) is 5.75 Å². The Morgan fingerprint density at radius 3 is 2.65 bits per heavy atom. The van der Waals surface area contributed by atoms with Gasteiger partial charge in [-0.05, 0) is 26.7 Å². The molecule has 0 unspecified atom stereocenters. The van der Waals surface area contributed by atoms with E-state index in [0.29, 0.717) is 18.3 Å². The zero-order chi connectivity index (χ0) is 14.7. The molecule has 1 aliphatic rings. The van der Waals surface area contributed by atoms with Gasteiger partial charge in [0.15, 0.2) is 11.6 Å². The molecular formula is C15H23FN2O2. The number of hydrogen-bond acceptors (Lipinski definition) is 4. The number of nitrogens with zero attached hydrogens (tertiary/aromatic N) is 1. The molecule has 1 aliphatic carbocycles. The summed E-state index contributed by atoms with van der Waals surface area (Å²) in [6, 6.07) is 3.53. The minimum absolute atomic E-state index is 0.0747. The predicted molar refractivity (Wildman–Crippen MR) is 78.8 cm³/mol. The number of methoxy groups -OCH3 is 1. The van der Waals surface area contributed by atoms with Gasteiger partial charge in [-0.3, -0.25) is 0 Å². The number of halogens is 1. The van der Waals surface area contributed by atoms with Crippen LogP contribution < -0.4 is 15.4 Å². The summed E-state index contributed by atoms with van der Waals surface area (Å²) in [7, 11) is 1.67. The van der Waals surface area contributed by atoms with Crippen LogP contribution >= 0.6 is 0 Å². The van der Waals surface area contributed by atoms with Crippen molar-refractivity contribution in [2.45, 2.75) is 38.8 Å². The quantitative estimate of drug-likeness (QED) is 0.781. The van der Waals surface area contributed by atoms with Crippen molar-refractivity contribution in [1.82, 2.24) is 0 Å². The van der Waals surface area contributed by atoms with Crippen LogP contribution in [0.25, 0.3) is 0 Å². The standard InChI is InChI=1S/C15H23FN2O2/c1-10(2)20-15-9-14(13(17)8-12(15)16)18(6-7-19-3)11-4-5-11/h8-11H,4-7,17H2,1-3H3. The Hall–Kier alpha value is -1.49. The molecule has 1 saturated carbocycles. The smallest absolute Gasteiger partial charge is 0.167 e. The van der Waals surface area contributed by atoms with Gasteiger partial charge in [0, 0.05) is 31.8 Å². The fourth-order valence-corrected chi connectivity index (χ4v) is 2.23. The van der Waals surface area contributed by atoms with Crippen molar-refractivity contribution < 1.29 is 13.9 Å². The largest absolute Gasteiger partial charge is 0.488 e. The zero-order valence-corrected chi connectivity index (χ0v) is 12.4. The van der Waals surface area contributed by atoms with E-state index in [4.69, 9.17) is 15.2 Å². The van der Waals surface area contributed by atoms with Crippen LogP contribution in [0.2, 0.25) is 0 Å². The van der Waals surface area contributed by atoms with Crippen molar-refractivity contribution in [1.29, 1.82) is 0 Å². The van der Waals surface area contributed by atoms with Gasteiger partial charge in [0.2, 0.25) is 0 Å². The van der Waals surface area contributed by atoms with Crippen LogP contribution in [0.4, 0.5) is 15.8 Å². The number of ether oxygens (including phenoxy) is 2. The molecule has 1 aromatic carbocycles. The molecule has 0 aliphatic heterocycles. The van der Waals surface area contributed by atoms with E-state index in [1.165, 1.54) is 6.07 Å². The second-order valence-electron chi connectivity index (χ2n) is 5.43. The molecule has 0 saturated heterocycles. The summed E-state index contributed by atoms with van der Waals surface area (Å²) in [6.45, 7) is 5.11. The lowest BCUT2D eigenvalue weighted by Crippen LogP contribution is -2.30. The van der Waals surface area contributed by atoms with Crippen LogP contribution in [0, 0.1) is 5.82 Å². The molecule has 0 amide bonds. The summed E-state index contributed by atoms with van der Waals surface area (Å²) in [5, 5.41) is 0. The molecule has 0 bridgehead atoms. The van der Waals surface area contributed by atoms with Gasteiger partial charge in [-0.15, -0.1) is 0 Å². The highest BCUT2D eigenvalue weighted by Crippen LogP contribution is 2.38. The maximum Gasteiger partial charge on any atom is 0.167 e. The van der Waals surface area contributed by atoms with Gasteiger partial charge in [-0.25, -0.2) is 4.39 Å². The highest BCUT2D eigenvalue weighted by Gasteiger charge is 2.30. The first kappa shape index (κ1) is 14.9. The summed E-state index contributed by atoms with van der Waals surface area (Å²) in [6.07, 6.45) is 2.20. The summed E-state index contributed by atoms with van der Waals surface area (Å²) < 4.78 is 24.5. The lowest BCUT2D eigenvalue weighted by atomic mass is 10.2. The minimum atomic E-state index is -0.414. The van der Waals surface area contributed by atoms with Crippen molar-refractivity contribution in [3.05, 3.63) is 17.9 Å². The van der Waals surface area contributed by atoms with Crippen LogP contribution in [-0.2, 0) is 4.74 Å². The Morgan fingerprint density at radius 2 is 2.10 bits per heavy atom. The average molecular weight is 282 g/mol. The van der Waals surface area contributed by atoms with E-state index in [0.717, 1.165) is 25.1 Å². The Bertz CT molecular complexity index is 461. The van der Waals surface area contributed by atoms with Gasteiger partial charge in [0.1, 0.15) is 0 Å². The molecule has 4 nitrogen and oxygen atoms in total. The van der Waals surface area contributed by atoms with Crippen LogP contribution in [0.1, 0.15) is 26.7 Å². The fraction of sp³-hybridized carbons (Fsp3) is 0.600. The van der Waals surface area contributed by atoms with Gasteiger partial charge in [0.05, 0.1) is 24.1 Å². The van der Waals surface area contributed by atoms with Crippen LogP contribution in [0.3, 0.4) is 0 Å². The van der Waals surface area contributed by atoms with E-state index in [-0.39, 0.29) is 11.9 Å². The summed E-state index contributed by atoms with van der Waals surface area (Å²) in [5.41, 5.74) is 7.26. The first-order valence-corrected chi connectivity index (χ1v) is 7.04. The van der Waals surface area contributed by atoms with Crippen molar-refractivity contribution >= 4 is 11.4 Å². The maximum atomic E-state index is 13.9. The first-order valence-electron chi connectivity index (χ1n) is 7.04. The molecule has 1 fully saturated rings. The molecule has 0 heterocycles. The Balaban J connectivity index is 2.27. The van der Waals surface area contributed by atoms with E-state index in [9.17, 15) is 4.39 Å². The van der Waals surface area contributed by atoms with Gasteiger partial charge in [0.25, 0.3) is 0 Å². The number of nitrogens with two attached hydrogens (primary N) is 1. The fourth-order valence-electron chi connectivity index (χ4n) is 2.23. The van der Waals surface area contributed by atoms with E-state index in [1.54, 1.807) is 13.2 Å². The monoisotopic (exact) mass is 282 g/mol. The van der Waals surface area contributed by atoms with Gasteiger partial charge >= 0.3 is 0 Å². The number of hydrogen-bond donors (Lipinski definition) is 1. The Kier molecular flexibility index (Phi) is 4.70. The maximum absolute atomic E-state index is 13.9. The number of rotatable bonds is 7. The first-order chi connectivity index (χ1) is 9.52. The molecule has 112 valence electrons. The molecule has 20 heavy (non-hydrogen) atoms. The van der Waals surface area contributed by atoms with E-state index >= 15 is 0 Å². The lowest BCUT2D eigenvalue weighted by molar-refractivity contribution is 0.205. The van der Waals surface area contributed by atoms with E-state index in [1.807, 2.05) is 13.8 Å². The van der Waals surface area contributed by atoms with Crippen LogP contribution in [0.15, 0.2) is 12.1 Å². The van der Waals surface area contributed by atoms with E-state index in [2.05, 4.69) is 4.90 Å². The third kappa shape index (κ3) is 3.54. The second kappa shape index (κ2) is 6.31. The highest BCUT2D eigenvalue weighted by atomic mass is 19.1. The van der Waals surface area contributed by atoms with Crippen LogP contribution in [-0.4, -0.2) is 32.4 Å². The number of anilines is 2. The normalized spacial score (nSPS) is 14.7. The molecule has 0 atom stereocenters. The molecular weight excluding hydrogens is 259 g/mol. The Labute approximate surface area is 119 Å². The average Bonchev–Trinajstić information content (AvgIpc) is 3.18. The topological polar surface area (TPSA) is 47.7 Å². The van der Waals surface area contributed by atoms with Crippen molar-refractivity contribution in [2.24, 2.45) is 0 Å². The number of nitrogen functional groups attached to an aromatic ring is 1. The van der Waals surface area contributed by atoms with E-state index < -0.39 is 5.82 Å². The molecule has 1 aromatic rings. The SMILES string of the molecule is COCCN(c1cc(OC(C)C)c(F)cc1N)C1CC1. The molecule has 2 rings (SSSR count). The summed E-state index contributed by atoms with van der Waals surface area (Å²) in [5.74, 6) is -0.158. The van der Waals surface area contributed by atoms with Crippen molar-refractivity contribution in [2.75, 3.05) is 30.9 Å². The lowest BCUT2D eigenvalue weighted by Gasteiger charge is -2.26. The summed E-state index contributed by atoms with van der Waals surface area (Å²) in [4.78, 5) is 2.19. The predicted octanol–water partition coefficient (Wildman–Crippen LogP) is 2.81. The van der Waals surface area contributed by atoms with Gasteiger partial charge in [-0.2, -0.15) is 0 Å². The zero-order valence-electron chi connectivity index (χ0n) is 12.4. The third-order valence-corrected chi connectivity index (χ3v) is 3.28. The molecule has 0 radical (unpaired) electrons. The van der Waals surface area contributed by atoms with Gasteiger partial charge < -0.3 is 20.1 Å². The van der Waals surface area contributed by atoms with Gasteiger partial charge in [-0.1, -0.05) is 0 Å². The highest BCUT2D eigenvalue weighted by molar-refractivity contribution is 5.71. The van der Waals surface area contributed by atoms with Crippen molar-refractivity contribution in [3.8, 4) is 5.75 Å². The number of benzene rings is 1. The molecule has 2 N–H and O–H groups in total. The summed E-state index contributed by atoms with van der Waals surface area (Å²) >= 11 is 0. The third-order valence-electron chi connectivity index (χ3n) is 3.28. The molecule has 0 aromatic heterocycles. The molecule has 5 heteroatoms. The molecule has 0 spiro atoms. The van der Waals surface area contributed by atoms with Crippen molar-refractivity contribution in [3.63, 3.8) is 0 Å². The Morgan fingerprint density at radius 1 is 1.40 bits per heavy atom. The minimum Gasteiger partial charge on any atom is -0.488 e.